The van der Waals surface area contributed by atoms with E-state index in [1.807, 2.05) is 27.8 Å². The minimum atomic E-state index is -2.21. The van der Waals surface area contributed by atoms with Crippen molar-refractivity contribution < 1.29 is 13.6 Å². The lowest BCUT2D eigenvalue weighted by atomic mass is 10.1. The summed E-state index contributed by atoms with van der Waals surface area (Å²) < 4.78 is 17.7. The first kappa shape index (κ1) is 19.3. The topological polar surface area (TPSA) is 39.7 Å². The van der Waals surface area contributed by atoms with Crippen LogP contribution in [0.25, 0.3) is 0 Å². The molecule has 126 valence electrons. The highest BCUT2D eigenvalue weighted by Gasteiger charge is 2.38. The molecule has 0 saturated carbocycles. The summed E-state index contributed by atoms with van der Waals surface area (Å²) >= 11 is 0. The number of benzene rings is 1. The third-order valence-corrected chi connectivity index (χ3v) is 7.61. The van der Waals surface area contributed by atoms with Crippen molar-refractivity contribution in [1.29, 1.82) is 0 Å². The Labute approximate surface area is 136 Å². The Hall–Kier alpha value is -0.723. The van der Waals surface area contributed by atoms with Crippen LogP contribution in [0.1, 0.15) is 50.6 Å². The van der Waals surface area contributed by atoms with Crippen LogP contribution >= 0.6 is 0 Å². The Morgan fingerprint density at radius 3 is 1.86 bits per heavy atom. The van der Waals surface area contributed by atoms with Crippen molar-refractivity contribution in [1.82, 2.24) is 5.32 Å². The maximum Gasteiger partial charge on any atom is 0.342 e. The van der Waals surface area contributed by atoms with Crippen molar-refractivity contribution in [3.8, 4) is 0 Å². The van der Waals surface area contributed by atoms with Gasteiger partial charge in [0.05, 0.1) is 0 Å². The SMILES string of the molecule is CCOC(NC)c1ccc(C(C)[Si](C)(OCC)OCC)cc1. The highest BCUT2D eigenvalue weighted by molar-refractivity contribution is 6.67. The average Bonchev–Trinajstić information content (AvgIpc) is 2.52. The zero-order chi connectivity index (χ0) is 16.6. The summed E-state index contributed by atoms with van der Waals surface area (Å²) in [5.74, 6) is 0. The molecule has 0 fully saturated rings. The van der Waals surface area contributed by atoms with E-state index in [1.165, 1.54) is 5.56 Å². The van der Waals surface area contributed by atoms with E-state index in [1.54, 1.807) is 0 Å². The van der Waals surface area contributed by atoms with Gasteiger partial charge in [0.15, 0.2) is 0 Å². The van der Waals surface area contributed by atoms with Gasteiger partial charge in [0.2, 0.25) is 0 Å². The fourth-order valence-corrected chi connectivity index (χ4v) is 5.17. The van der Waals surface area contributed by atoms with Crippen LogP contribution in [0.3, 0.4) is 0 Å². The largest absolute Gasteiger partial charge is 0.394 e. The zero-order valence-corrected chi connectivity index (χ0v) is 15.8. The smallest absolute Gasteiger partial charge is 0.342 e. The molecule has 0 aliphatic heterocycles. The van der Waals surface area contributed by atoms with E-state index in [9.17, 15) is 0 Å². The maximum absolute atomic E-state index is 6.00. The second kappa shape index (κ2) is 9.42. The highest BCUT2D eigenvalue weighted by Crippen LogP contribution is 2.29. The van der Waals surface area contributed by atoms with Gasteiger partial charge >= 0.3 is 8.56 Å². The first-order chi connectivity index (χ1) is 10.5. The fraction of sp³-hybridized carbons (Fsp3) is 0.647. The molecule has 0 spiro atoms. The molecule has 0 saturated heterocycles. The van der Waals surface area contributed by atoms with Gasteiger partial charge in [0, 0.05) is 25.4 Å². The Morgan fingerprint density at radius 1 is 0.955 bits per heavy atom. The number of nitrogens with one attached hydrogen (secondary N) is 1. The fourth-order valence-electron chi connectivity index (χ4n) is 2.64. The molecule has 1 aromatic rings. The van der Waals surface area contributed by atoms with Crippen LogP contribution in [0, 0.1) is 0 Å². The molecule has 2 atom stereocenters. The van der Waals surface area contributed by atoms with Gasteiger partial charge in [-0.15, -0.1) is 0 Å². The van der Waals surface area contributed by atoms with Crippen LogP contribution in [0.4, 0.5) is 0 Å². The van der Waals surface area contributed by atoms with Gasteiger partial charge in [-0.1, -0.05) is 31.2 Å². The summed E-state index contributed by atoms with van der Waals surface area (Å²) in [6.07, 6.45) is -0.0585. The summed E-state index contributed by atoms with van der Waals surface area (Å²) in [5.41, 5.74) is 2.67. The molecule has 22 heavy (non-hydrogen) atoms. The summed E-state index contributed by atoms with van der Waals surface area (Å²) in [6.45, 7) is 12.5. The molecule has 0 amide bonds. The van der Waals surface area contributed by atoms with E-state index in [2.05, 4.69) is 43.1 Å². The van der Waals surface area contributed by atoms with Crippen molar-refractivity contribution in [3.05, 3.63) is 35.4 Å². The van der Waals surface area contributed by atoms with Crippen LogP contribution in [0.5, 0.6) is 0 Å². The molecule has 0 bridgehead atoms. The summed E-state index contributed by atoms with van der Waals surface area (Å²) in [6, 6.07) is 8.56. The maximum atomic E-state index is 6.00. The van der Waals surface area contributed by atoms with Crippen molar-refractivity contribution in [2.75, 3.05) is 26.9 Å². The molecule has 1 N–H and O–H groups in total. The monoisotopic (exact) mass is 325 g/mol. The number of hydrogen-bond acceptors (Lipinski definition) is 4. The van der Waals surface area contributed by atoms with Gasteiger partial charge in [-0.2, -0.15) is 0 Å². The van der Waals surface area contributed by atoms with Gasteiger partial charge in [-0.05, 0) is 45.5 Å². The predicted molar refractivity (Wildman–Crippen MR) is 93.2 cm³/mol. The number of hydrogen-bond donors (Lipinski definition) is 1. The second-order valence-corrected chi connectivity index (χ2v) is 8.87. The van der Waals surface area contributed by atoms with Gasteiger partial charge in [0.1, 0.15) is 6.23 Å². The van der Waals surface area contributed by atoms with E-state index in [-0.39, 0.29) is 11.8 Å². The summed E-state index contributed by atoms with van der Waals surface area (Å²) in [5, 5.41) is 3.18. The predicted octanol–water partition coefficient (Wildman–Crippen LogP) is 3.73. The lowest BCUT2D eigenvalue weighted by Gasteiger charge is -2.32. The van der Waals surface area contributed by atoms with Crippen molar-refractivity contribution in [3.63, 3.8) is 0 Å². The quantitative estimate of drug-likeness (QED) is 0.525. The van der Waals surface area contributed by atoms with Crippen molar-refractivity contribution in [2.45, 2.75) is 46.0 Å². The third-order valence-electron chi connectivity index (χ3n) is 3.98. The Balaban J connectivity index is 2.92. The van der Waals surface area contributed by atoms with E-state index in [0.717, 1.165) is 5.56 Å². The van der Waals surface area contributed by atoms with Crippen LogP contribution in [0.15, 0.2) is 24.3 Å². The first-order valence-corrected chi connectivity index (χ1v) is 10.6. The molecule has 0 aliphatic carbocycles. The third kappa shape index (κ3) is 4.89. The standard InChI is InChI=1S/C17H31NO3Si/c1-7-19-17(18-5)16-12-10-15(11-13-16)14(4)22(6,20-8-2)21-9-3/h10-14,17-18H,7-9H2,1-6H3. The average molecular weight is 326 g/mol. The van der Waals surface area contributed by atoms with Crippen LogP contribution in [-0.4, -0.2) is 35.4 Å². The molecule has 1 aromatic carbocycles. The Bertz CT molecular complexity index is 418. The van der Waals surface area contributed by atoms with E-state index in [4.69, 9.17) is 13.6 Å². The Kier molecular flexibility index (Phi) is 8.28. The minimum Gasteiger partial charge on any atom is -0.394 e. The van der Waals surface area contributed by atoms with E-state index >= 15 is 0 Å². The molecule has 0 heterocycles. The van der Waals surface area contributed by atoms with Crippen LogP contribution < -0.4 is 5.32 Å². The minimum absolute atomic E-state index is 0.0585. The first-order valence-electron chi connectivity index (χ1n) is 8.18. The normalized spacial score (nSPS) is 14.8. The molecule has 0 radical (unpaired) electrons. The van der Waals surface area contributed by atoms with Gasteiger partial charge in [0.25, 0.3) is 0 Å². The molecule has 5 heteroatoms. The van der Waals surface area contributed by atoms with Gasteiger partial charge in [-0.25, -0.2) is 0 Å². The molecule has 0 aliphatic rings. The van der Waals surface area contributed by atoms with Crippen LogP contribution in [-0.2, 0) is 13.6 Å². The molecule has 4 nitrogen and oxygen atoms in total. The molecule has 2 unspecified atom stereocenters. The number of rotatable bonds is 10. The molecular weight excluding hydrogens is 294 g/mol. The second-order valence-electron chi connectivity index (χ2n) is 5.39. The lowest BCUT2D eigenvalue weighted by Crippen LogP contribution is -2.44. The van der Waals surface area contributed by atoms with Crippen molar-refractivity contribution >= 4 is 8.56 Å². The number of ether oxygens (including phenoxy) is 1. The lowest BCUT2D eigenvalue weighted by molar-refractivity contribution is 0.0431. The molecule has 0 aromatic heterocycles. The molecule has 1 rings (SSSR count). The van der Waals surface area contributed by atoms with Gasteiger partial charge in [-0.3, -0.25) is 5.32 Å². The summed E-state index contributed by atoms with van der Waals surface area (Å²) in [4.78, 5) is 0. The van der Waals surface area contributed by atoms with Crippen molar-refractivity contribution in [2.24, 2.45) is 0 Å². The Morgan fingerprint density at radius 2 is 1.45 bits per heavy atom. The van der Waals surface area contributed by atoms with Crippen LogP contribution in [0.2, 0.25) is 6.55 Å². The zero-order valence-electron chi connectivity index (χ0n) is 14.8. The summed E-state index contributed by atoms with van der Waals surface area (Å²) in [7, 11) is -0.301. The highest BCUT2D eigenvalue weighted by atomic mass is 28.4. The van der Waals surface area contributed by atoms with Gasteiger partial charge < -0.3 is 13.6 Å². The van der Waals surface area contributed by atoms with E-state index in [0.29, 0.717) is 19.8 Å². The van der Waals surface area contributed by atoms with E-state index < -0.39 is 8.56 Å². The molecular formula is C17H31NO3Si.